The van der Waals surface area contributed by atoms with Crippen LogP contribution in [0.4, 0.5) is 5.69 Å². The van der Waals surface area contributed by atoms with E-state index in [0.717, 1.165) is 18.4 Å². The molecule has 0 spiro atoms. The molecular weight excluding hydrogens is 242 g/mol. The van der Waals surface area contributed by atoms with Crippen LogP contribution in [0.3, 0.4) is 0 Å². The van der Waals surface area contributed by atoms with Gasteiger partial charge in [0.25, 0.3) is 5.69 Å². The van der Waals surface area contributed by atoms with Gasteiger partial charge < -0.3 is 0 Å². The number of hydrogen-bond donors (Lipinski definition) is 0. The van der Waals surface area contributed by atoms with Crippen molar-refractivity contribution in [3.63, 3.8) is 0 Å². The summed E-state index contributed by atoms with van der Waals surface area (Å²) < 4.78 is 0. The number of carbonyl (C=O) groups is 1. The summed E-state index contributed by atoms with van der Waals surface area (Å²) in [5.74, 6) is 0.213. The topological polar surface area (TPSA) is 60.2 Å². The number of nitrogens with zero attached hydrogens (tertiary/aromatic N) is 1. The van der Waals surface area contributed by atoms with Crippen molar-refractivity contribution in [2.45, 2.75) is 51.9 Å². The molecule has 1 aromatic rings. The van der Waals surface area contributed by atoms with E-state index in [4.69, 9.17) is 0 Å². The van der Waals surface area contributed by atoms with Crippen molar-refractivity contribution < 1.29 is 9.72 Å². The molecule has 19 heavy (non-hydrogen) atoms. The SMILES string of the molecule is CCCCCCCC(=O)Cc1ccc([N+](=O)[O-])cc1. The third kappa shape index (κ3) is 6.13. The molecule has 0 heterocycles. The number of nitro groups is 1. The van der Waals surface area contributed by atoms with Crippen molar-refractivity contribution in [2.75, 3.05) is 0 Å². The molecule has 0 atom stereocenters. The normalized spacial score (nSPS) is 10.4. The predicted octanol–water partition coefficient (Wildman–Crippen LogP) is 4.07. The van der Waals surface area contributed by atoms with Gasteiger partial charge in [0.05, 0.1) is 4.92 Å². The summed E-state index contributed by atoms with van der Waals surface area (Å²) >= 11 is 0. The van der Waals surface area contributed by atoms with Crippen molar-refractivity contribution in [1.29, 1.82) is 0 Å². The molecule has 0 saturated heterocycles. The summed E-state index contributed by atoms with van der Waals surface area (Å²) in [6.07, 6.45) is 6.69. The van der Waals surface area contributed by atoms with Crippen LogP contribution < -0.4 is 0 Å². The van der Waals surface area contributed by atoms with Crippen LogP contribution >= 0.6 is 0 Å². The van der Waals surface area contributed by atoms with Crippen LogP contribution in [0.15, 0.2) is 24.3 Å². The Morgan fingerprint density at radius 2 is 1.74 bits per heavy atom. The first-order valence-corrected chi connectivity index (χ1v) is 6.88. The van der Waals surface area contributed by atoms with Gasteiger partial charge in [0, 0.05) is 25.0 Å². The Bertz CT molecular complexity index is 412. The van der Waals surface area contributed by atoms with Gasteiger partial charge in [-0.1, -0.05) is 44.7 Å². The van der Waals surface area contributed by atoms with Gasteiger partial charge in [-0.3, -0.25) is 14.9 Å². The standard InChI is InChI=1S/C15H21NO3/c1-2-3-4-5-6-7-15(17)12-13-8-10-14(11-9-13)16(18)19/h8-11H,2-7,12H2,1H3. The van der Waals surface area contributed by atoms with E-state index in [2.05, 4.69) is 6.92 Å². The second-order valence-electron chi connectivity index (χ2n) is 4.80. The number of benzene rings is 1. The quantitative estimate of drug-likeness (QED) is 0.383. The van der Waals surface area contributed by atoms with Gasteiger partial charge in [-0.25, -0.2) is 0 Å². The largest absolute Gasteiger partial charge is 0.299 e. The molecular formula is C15H21NO3. The van der Waals surface area contributed by atoms with Gasteiger partial charge in [-0.2, -0.15) is 0 Å². The van der Waals surface area contributed by atoms with Crippen molar-refractivity contribution >= 4 is 11.5 Å². The number of nitro benzene ring substituents is 1. The summed E-state index contributed by atoms with van der Waals surface area (Å²) in [5.41, 5.74) is 0.917. The second-order valence-corrected chi connectivity index (χ2v) is 4.80. The summed E-state index contributed by atoms with van der Waals surface area (Å²) in [6.45, 7) is 2.17. The predicted molar refractivity (Wildman–Crippen MR) is 75.2 cm³/mol. The minimum atomic E-state index is -0.431. The van der Waals surface area contributed by atoms with Gasteiger partial charge in [0.2, 0.25) is 0 Å². The van der Waals surface area contributed by atoms with Gasteiger partial charge >= 0.3 is 0 Å². The highest BCUT2D eigenvalue weighted by Crippen LogP contribution is 2.13. The van der Waals surface area contributed by atoms with Crippen LogP contribution in [-0.4, -0.2) is 10.7 Å². The lowest BCUT2D eigenvalue weighted by Gasteiger charge is -2.02. The van der Waals surface area contributed by atoms with Crippen LogP contribution in [0.5, 0.6) is 0 Å². The summed E-state index contributed by atoms with van der Waals surface area (Å²) in [6, 6.07) is 6.22. The van der Waals surface area contributed by atoms with E-state index in [0.29, 0.717) is 12.8 Å². The molecule has 1 aromatic carbocycles. The molecule has 0 N–H and O–H groups in total. The zero-order valence-electron chi connectivity index (χ0n) is 11.4. The van der Waals surface area contributed by atoms with Crippen molar-refractivity contribution in [3.8, 4) is 0 Å². The third-order valence-corrected chi connectivity index (χ3v) is 3.11. The number of carbonyl (C=O) groups excluding carboxylic acids is 1. The third-order valence-electron chi connectivity index (χ3n) is 3.11. The molecule has 0 fully saturated rings. The molecule has 1 rings (SSSR count). The Kier molecular flexibility index (Phi) is 6.79. The van der Waals surface area contributed by atoms with E-state index >= 15 is 0 Å². The van der Waals surface area contributed by atoms with Crippen LogP contribution in [0, 0.1) is 10.1 Å². The minimum absolute atomic E-state index is 0.0655. The van der Waals surface area contributed by atoms with Crippen molar-refractivity contribution in [3.05, 3.63) is 39.9 Å². The molecule has 104 valence electrons. The summed E-state index contributed by atoms with van der Waals surface area (Å²) in [5, 5.41) is 10.5. The van der Waals surface area contributed by atoms with Gasteiger partial charge in [0.1, 0.15) is 5.78 Å². The fourth-order valence-electron chi connectivity index (χ4n) is 1.98. The molecule has 0 aliphatic carbocycles. The van der Waals surface area contributed by atoms with E-state index in [1.807, 2.05) is 0 Å². The Hall–Kier alpha value is -1.71. The Morgan fingerprint density at radius 1 is 1.11 bits per heavy atom. The molecule has 0 aliphatic rings. The van der Waals surface area contributed by atoms with Crippen LogP contribution in [-0.2, 0) is 11.2 Å². The van der Waals surface area contributed by atoms with Gasteiger partial charge in [-0.15, -0.1) is 0 Å². The van der Waals surface area contributed by atoms with Gasteiger partial charge in [0.15, 0.2) is 0 Å². The van der Waals surface area contributed by atoms with E-state index in [1.165, 1.54) is 31.4 Å². The zero-order valence-corrected chi connectivity index (χ0v) is 11.4. The molecule has 4 heteroatoms. The average Bonchev–Trinajstić information content (AvgIpc) is 2.39. The minimum Gasteiger partial charge on any atom is -0.299 e. The Labute approximate surface area is 114 Å². The average molecular weight is 263 g/mol. The molecule has 0 bridgehead atoms. The number of ketones is 1. The Balaban J connectivity index is 2.30. The molecule has 4 nitrogen and oxygen atoms in total. The fourth-order valence-corrected chi connectivity index (χ4v) is 1.98. The first-order chi connectivity index (χ1) is 9.13. The number of Topliss-reactive ketones (excluding diaryl/α,β-unsaturated/α-hetero) is 1. The van der Waals surface area contributed by atoms with Crippen LogP contribution in [0.25, 0.3) is 0 Å². The molecule has 0 unspecified atom stereocenters. The van der Waals surface area contributed by atoms with E-state index < -0.39 is 4.92 Å². The first-order valence-electron chi connectivity index (χ1n) is 6.88. The Morgan fingerprint density at radius 3 is 2.32 bits per heavy atom. The molecule has 0 radical (unpaired) electrons. The first kappa shape index (κ1) is 15.3. The van der Waals surface area contributed by atoms with E-state index in [1.54, 1.807) is 12.1 Å². The molecule has 0 aliphatic heterocycles. The number of unbranched alkanes of at least 4 members (excludes halogenated alkanes) is 4. The van der Waals surface area contributed by atoms with E-state index in [-0.39, 0.29) is 11.5 Å². The maximum absolute atomic E-state index is 11.7. The maximum Gasteiger partial charge on any atom is 0.269 e. The monoisotopic (exact) mass is 263 g/mol. The van der Waals surface area contributed by atoms with Crippen molar-refractivity contribution in [2.24, 2.45) is 0 Å². The van der Waals surface area contributed by atoms with Crippen LogP contribution in [0.2, 0.25) is 0 Å². The highest BCUT2D eigenvalue weighted by molar-refractivity contribution is 5.80. The van der Waals surface area contributed by atoms with E-state index in [9.17, 15) is 14.9 Å². The lowest BCUT2D eigenvalue weighted by molar-refractivity contribution is -0.384. The number of rotatable bonds is 9. The summed E-state index contributed by atoms with van der Waals surface area (Å²) in [4.78, 5) is 21.8. The molecule has 0 aromatic heterocycles. The fraction of sp³-hybridized carbons (Fsp3) is 0.533. The summed E-state index contributed by atoms with van der Waals surface area (Å²) in [7, 11) is 0. The van der Waals surface area contributed by atoms with Crippen molar-refractivity contribution in [1.82, 2.24) is 0 Å². The van der Waals surface area contributed by atoms with Gasteiger partial charge in [-0.05, 0) is 12.0 Å². The lowest BCUT2D eigenvalue weighted by Crippen LogP contribution is -2.02. The highest BCUT2D eigenvalue weighted by atomic mass is 16.6. The lowest BCUT2D eigenvalue weighted by atomic mass is 10.0. The zero-order chi connectivity index (χ0) is 14.1. The number of hydrogen-bond acceptors (Lipinski definition) is 3. The maximum atomic E-state index is 11.7. The molecule has 0 saturated carbocycles. The molecule has 0 amide bonds. The highest BCUT2D eigenvalue weighted by Gasteiger charge is 2.07. The van der Waals surface area contributed by atoms with Crippen LogP contribution in [0.1, 0.15) is 51.0 Å². The smallest absolute Gasteiger partial charge is 0.269 e. The second kappa shape index (κ2) is 8.40. The number of non-ortho nitro benzene ring substituents is 1.